The van der Waals surface area contributed by atoms with Crippen LogP contribution >= 0.6 is 15.9 Å². The number of hydrogen-bond acceptors (Lipinski definition) is 2. The first kappa shape index (κ1) is 15.5. The quantitative estimate of drug-likeness (QED) is 0.853. The van der Waals surface area contributed by atoms with Crippen LogP contribution in [0.1, 0.15) is 52.2 Å². The highest BCUT2D eigenvalue weighted by atomic mass is 79.9. The lowest BCUT2D eigenvalue weighted by molar-refractivity contribution is 0.147. The van der Waals surface area contributed by atoms with E-state index < -0.39 is 6.10 Å². The van der Waals surface area contributed by atoms with Gasteiger partial charge in [-0.05, 0) is 42.9 Å². The van der Waals surface area contributed by atoms with Crippen LogP contribution in [0.5, 0.6) is 5.75 Å². The summed E-state index contributed by atoms with van der Waals surface area (Å²) in [6.45, 7) is 9.17. The van der Waals surface area contributed by atoms with E-state index in [1.807, 2.05) is 25.1 Å². The van der Waals surface area contributed by atoms with E-state index in [2.05, 4.69) is 36.7 Å². The molecule has 1 atom stereocenters. The summed E-state index contributed by atoms with van der Waals surface area (Å²) in [6.07, 6.45) is 1.35. The molecular formula is C15H23BrO2. The van der Waals surface area contributed by atoms with Crippen LogP contribution in [-0.4, -0.2) is 11.7 Å². The molecule has 1 aromatic carbocycles. The molecule has 0 aromatic heterocycles. The summed E-state index contributed by atoms with van der Waals surface area (Å²) in [4.78, 5) is 0. The molecule has 0 saturated carbocycles. The normalized spacial score (nSPS) is 13.4. The highest BCUT2D eigenvalue weighted by molar-refractivity contribution is 9.10. The summed E-state index contributed by atoms with van der Waals surface area (Å²) in [6, 6.07) is 5.76. The lowest BCUT2D eigenvalue weighted by atomic mass is 9.88. The molecule has 0 fully saturated rings. The molecule has 0 spiro atoms. The minimum Gasteiger partial charge on any atom is -0.494 e. The molecule has 1 unspecified atom stereocenters. The highest BCUT2D eigenvalue weighted by Gasteiger charge is 2.16. The molecule has 0 amide bonds. The minimum absolute atomic E-state index is 0.249. The SMILES string of the molecule is CCOc1ccc(C(O)CCC(C)(C)C)c(Br)c1. The first-order chi connectivity index (χ1) is 8.33. The van der Waals surface area contributed by atoms with Crippen molar-refractivity contribution in [3.63, 3.8) is 0 Å². The molecule has 0 saturated heterocycles. The Morgan fingerprint density at radius 1 is 1.33 bits per heavy atom. The van der Waals surface area contributed by atoms with Crippen molar-refractivity contribution >= 4 is 15.9 Å². The van der Waals surface area contributed by atoms with Crippen molar-refractivity contribution in [2.45, 2.75) is 46.6 Å². The number of rotatable bonds is 5. The zero-order valence-corrected chi connectivity index (χ0v) is 13.3. The third kappa shape index (κ3) is 4.99. The van der Waals surface area contributed by atoms with Gasteiger partial charge >= 0.3 is 0 Å². The maximum atomic E-state index is 10.2. The molecule has 0 aliphatic carbocycles. The van der Waals surface area contributed by atoms with E-state index >= 15 is 0 Å². The first-order valence-corrected chi connectivity index (χ1v) is 7.23. The molecule has 18 heavy (non-hydrogen) atoms. The van der Waals surface area contributed by atoms with Crippen LogP contribution < -0.4 is 4.74 Å². The van der Waals surface area contributed by atoms with E-state index in [1.165, 1.54) is 0 Å². The van der Waals surface area contributed by atoms with E-state index in [0.29, 0.717) is 6.61 Å². The lowest BCUT2D eigenvalue weighted by Crippen LogP contribution is -2.08. The molecule has 0 radical (unpaired) electrons. The number of hydrogen-bond donors (Lipinski definition) is 1. The minimum atomic E-state index is -0.422. The van der Waals surface area contributed by atoms with Crippen molar-refractivity contribution < 1.29 is 9.84 Å². The molecule has 1 rings (SSSR count). The van der Waals surface area contributed by atoms with Gasteiger partial charge in [-0.25, -0.2) is 0 Å². The van der Waals surface area contributed by atoms with Gasteiger partial charge in [-0.15, -0.1) is 0 Å². The highest BCUT2D eigenvalue weighted by Crippen LogP contribution is 2.32. The van der Waals surface area contributed by atoms with E-state index in [1.54, 1.807) is 0 Å². The third-order valence-electron chi connectivity index (χ3n) is 2.81. The second-order valence-corrected chi connectivity index (χ2v) is 6.59. The summed E-state index contributed by atoms with van der Waals surface area (Å²) in [5, 5.41) is 10.2. The van der Waals surface area contributed by atoms with Crippen LogP contribution in [-0.2, 0) is 0 Å². The Kier molecular flexibility index (Phi) is 5.67. The van der Waals surface area contributed by atoms with Gasteiger partial charge in [0.25, 0.3) is 0 Å². The Bertz CT molecular complexity index is 383. The molecular weight excluding hydrogens is 292 g/mol. The summed E-state index contributed by atoms with van der Waals surface area (Å²) in [7, 11) is 0. The zero-order chi connectivity index (χ0) is 13.8. The monoisotopic (exact) mass is 314 g/mol. The average molecular weight is 315 g/mol. The molecule has 0 aliphatic rings. The summed E-state index contributed by atoms with van der Waals surface area (Å²) >= 11 is 3.50. The van der Waals surface area contributed by atoms with E-state index in [9.17, 15) is 5.11 Å². The van der Waals surface area contributed by atoms with Crippen LogP contribution in [0.4, 0.5) is 0 Å². The van der Waals surface area contributed by atoms with Crippen molar-refractivity contribution in [2.24, 2.45) is 5.41 Å². The maximum Gasteiger partial charge on any atom is 0.120 e. The van der Waals surface area contributed by atoms with Gasteiger partial charge < -0.3 is 9.84 Å². The molecule has 3 heteroatoms. The number of benzene rings is 1. The van der Waals surface area contributed by atoms with Gasteiger partial charge in [0.1, 0.15) is 5.75 Å². The predicted octanol–water partition coefficient (Wildman–Crippen LogP) is 4.71. The fraction of sp³-hybridized carbons (Fsp3) is 0.600. The fourth-order valence-corrected chi connectivity index (χ4v) is 2.38. The number of ether oxygens (including phenoxy) is 1. The Morgan fingerprint density at radius 3 is 2.50 bits per heavy atom. The largest absolute Gasteiger partial charge is 0.494 e. The van der Waals surface area contributed by atoms with Gasteiger partial charge in [0, 0.05) is 4.47 Å². The molecule has 1 N–H and O–H groups in total. The molecule has 2 nitrogen and oxygen atoms in total. The smallest absolute Gasteiger partial charge is 0.120 e. The summed E-state index contributed by atoms with van der Waals surface area (Å²) in [5.41, 5.74) is 1.18. The van der Waals surface area contributed by atoms with Gasteiger partial charge in [0.2, 0.25) is 0 Å². The van der Waals surface area contributed by atoms with E-state index in [4.69, 9.17) is 4.74 Å². The Morgan fingerprint density at radius 2 is 2.00 bits per heavy atom. The van der Waals surface area contributed by atoms with Gasteiger partial charge in [0.15, 0.2) is 0 Å². The third-order valence-corrected chi connectivity index (χ3v) is 3.50. The molecule has 0 aliphatic heterocycles. The summed E-state index contributed by atoms with van der Waals surface area (Å²) < 4.78 is 6.34. The number of aliphatic hydroxyl groups excluding tert-OH is 1. The second-order valence-electron chi connectivity index (χ2n) is 5.73. The van der Waals surface area contributed by atoms with Crippen LogP contribution in [0.3, 0.4) is 0 Å². The Balaban J connectivity index is 2.71. The molecule has 1 aromatic rings. The van der Waals surface area contributed by atoms with Gasteiger partial charge in [0.05, 0.1) is 12.7 Å². The van der Waals surface area contributed by atoms with Gasteiger partial charge in [-0.1, -0.05) is 42.8 Å². The van der Waals surface area contributed by atoms with Crippen molar-refractivity contribution in [1.29, 1.82) is 0 Å². The van der Waals surface area contributed by atoms with Crippen molar-refractivity contribution in [3.05, 3.63) is 28.2 Å². The average Bonchev–Trinajstić information content (AvgIpc) is 2.25. The van der Waals surface area contributed by atoms with Gasteiger partial charge in [-0.3, -0.25) is 0 Å². The standard InChI is InChI=1S/C15H23BrO2/c1-5-18-11-6-7-12(13(16)10-11)14(17)8-9-15(2,3)4/h6-7,10,14,17H,5,8-9H2,1-4H3. The van der Waals surface area contributed by atoms with E-state index in [-0.39, 0.29) is 5.41 Å². The Hall–Kier alpha value is -0.540. The fourth-order valence-electron chi connectivity index (χ4n) is 1.76. The summed E-state index contributed by atoms with van der Waals surface area (Å²) in [5.74, 6) is 0.830. The van der Waals surface area contributed by atoms with Crippen molar-refractivity contribution in [3.8, 4) is 5.75 Å². The van der Waals surface area contributed by atoms with Crippen LogP contribution in [0, 0.1) is 5.41 Å². The zero-order valence-electron chi connectivity index (χ0n) is 11.7. The number of halogens is 1. The molecule has 0 heterocycles. The Labute approximate surface area is 118 Å². The number of aliphatic hydroxyl groups is 1. The second kappa shape index (κ2) is 6.58. The lowest BCUT2D eigenvalue weighted by Gasteiger charge is -2.21. The molecule has 0 bridgehead atoms. The van der Waals surface area contributed by atoms with Crippen LogP contribution in [0.15, 0.2) is 22.7 Å². The first-order valence-electron chi connectivity index (χ1n) is 6.44. The maximum absolute atomic E-state index is 10.2. The topological polar surface area (TPSA) is 29.5 Å². The van der Waals surface area contributed by atoms with Crippen molar-refractivity contribution in [1.82, 2.24) is 0 Å². The predicted molar refractivity (Wildman–Crippen MR) is 79.0 cm³/mol. The van der Waals surface area contributed by atoms with Crippen molar-refractivity contribution in [2.75, 3.05) is 6.61 Å². The molecule has 102 valence electrons. The van der Waals surface area contributed by atoms with Crippen LogP contribution in [0.25, 0.3) is 0 Å². The van der Waals surface area contributed by atoms with Gasteiger partial charge in [-0.2, -0.15) is 0 Å². The van der Waals surface area contributed by atoms with E-state index in [0.717, 1.165) is 28.6 Å². The van der Waals surface area contributed by atoms with Crippen LogP contribution in [0.2, 0.25) is 0 Å².